The summed E-state index contributed by atoms with van der Waals surface area (Å²) in [5, 5.41) is 3.16. The maximum Gasteiger partial charge on any atom is 0.339 e. The number of fused-ring (bicyclic) bond motifs is 1. The van der Waals surface area contributed by atoms with E-state index in [2.05, 4.69) is 5.32 Å². The van der Waals surface area contributed by atoms with Gasteiger partial charge in [0.1, 0.15) is 0 Å². The summed E-state index contributed by atoms with van der Waals surface area (Å²) in [4.78, 5) is 24.6. The SMILES string of the molecule is CC1(C(=O)Nc2ccccc2Cl)Cc2ccccc2C(=O)O1. The highest BCUT2D eigenvalue weighted by Gasteiger charge is 2.42. The van der Waals surface area contributed by atoms with E-state index < -0.39 is 17.5 Å². The maximum atomic E-state index is 12.5. The number of hydrogen-bond acceptors (Lipinski definition) is 3. The summed E-state index contributed by atoms with van der Waals surface area (Å²) in [6.07, 6.45) is 0.325. The van der Waals surface area contributed by atoms with Crippen molar-refractivity contribution in [1.82, 2.24) is 0 Å². The molecule has 0 bridgehead atoms. The van der Waals surface area contributed by atoms with E-state index in [-0.39, 0.29) is 0 Å². The smallest absolute Gasteiger partial charge is 0.339 e. The predicted octanol–water partition coefficient (Wildman–Crippen LogP) is 3.45. The Kier molecular flexibility index (Phi) is 3.62. The van der Waals surface area contributed by atoms with Crippen LogP contribution in [-0.2, 0) is 16.0 Å². The summed E-state index contributed by atoms with van der Waals surface area (Å²) < 4.78 is 5.38. The largest absolute Gasteiger partial charge is 0.445 e. The molecular formula is C17H14ClNO3. The summed E-state index contributed by atoms with van der Waals surface area (Å²) in [7, 11) is 0. The molecular weight excluding hydrogens is 302 g/mol. The second-order valence-electron chi connectivity index (χ2n) is 5.39. The highest BCUT2D eigenvalue weighted by atomic mass is 35.5. The number of cyclic esters (lactones) is 1. The number of rotatable bonds is 2. The first-order valence-corrected chi connectivity index (χ1v) is 7.25. The average Bonchev–Trinajstić information content (AvgIpc) is 2.49. The molecule has 1 aliphatic heterocycles. The van der Waals surface area contributed by atoms with Crippen molar-refractivity contribution >= 4 is 29.2 Å². The number of carbonyl (C=O) groups excluding carboxylic acids is 2. The molecule has 22 heavy (non-hydrogen) atoms. The van der Waals surface area contributed by atoms with Gasteiger partial charge in [0.15, 0.2) is 5.60 Å². The lowest BCUT2D eigenvalue weighted by Crippen LogP contribution is -2.48. The van der Waals surface area contributed by atoms with Crippen molar-refractivity contribution in [3.8, 4) is 0 Å². The van der Waals surface area contributed by atoms with Gasteiger partial charge in [-0.05, 0) is 30.7 Å². The zero-order valence-corrected chi connectivity index (χ0v) is 12.7. The molecule has 112 valence electrons. The van der Waals surface area contributed by atoms with Gasteiger partial charge in [-0.15, -0.1) is 0 Å². The van der Waals surface area contributed by atoms with Gasteiger partial charge in [-0.3, -0.25) is 4.79 Å². The van der Waals surface area contributed by atoms with Crippen LogP contribution in [0.3, 0.4) is 0 Å². The van der Waals surface area contributed by atoms with Crippen LogP contribution in [0, 0.1) is 0 Å². The molecule has 1 amide bonds. The van der Waals surface area contributed by atoms with E-state index in [0.717, 1.165) is 5.56 Å². The van der Waals surface area contributed by atoms with Crippen LogP contribution < -0.4 is 5.32 Å². The fourth-order valence-electron chi connectivity index (χ4n) is 2.48. The number of para-hydroxylation sites is 1. The Morgan fingerprint density at radius 3 is 2.64 bits per heavy atom. The molecule has 1 atom stereocenters. The van der Waals surface area contributed by atoms with Crippen LogP contribution in [-0.4, -0.2) is 17.5 Å². The van der Waals surface area contributed by atoms with Crippen LogP contribution in [0.1, 0.15) is 22.8 Å². The normalized spacial score (nSPS) is 20.0. The Bertz CT molecular complexity index is 759. The molecule has 0 aliphatic carbocycles. The van der Waals surface area contributed by atoms with Crippen LogP contribution in [0.2, 0.25) is 5.02 Å². The molecule has 0 saturated carbocycles. The number of halogens is 1. The third-order valence-corrected chi connectivity index (χ3v) is 4.01. The van der Waals surface area contributed by atoms with E-state index >= 15 is 0 Å². The third-order valence-electron chi connectivity index (χ3n) is 3.69. The molecule has 0 radical (unpaired) electrons. The topological polar surface area (TPSA) is 55.4 Å². The van der Waals surface area contributed by atoms with Crippen molar-refractivity contribution < 1.29 is 14.3 Å². The summed E-state index contributed by atoms with van der Waals surface area (Å²) in [5.41, 5.74) is 0.538. The van der Waals surface area contributed by atoms with Crippen LogP contribution in [0.15, 0.2) is 48.5 Å². The Morgan fingerprint density at radius 2 is 1.86 bits per heavy atom. The first kappa shape index (κ1) is 14.6. The van der Waals surface area contributed by atoms with Gasteiger partial charge in [-0.1, -0.05) is 41.9 Å². The lowest BCUT2D eigenvalue weighted by molar-refractivity contribution is -0.134. The number of amides is 1. The molecule has 2 aromatic carbocycles. The molecule has 4 nitrogen and oxygen atoms in total. The Balaban J connectivity index is 1.87. The number of anilines is 1. The van der Waals surface area contributed by atoms with E-state index in [4.69, 9.17) is 16.3 Å². The summed E-state index contributed by atoms with van der Waals surface area (Å²) in [6, 6.07) is 14.1. The minimum Gasteiger partial charge on any atom is -0.445 e. The summed E-state index contributed by atoms with van der Waals surface area (Å²) >= 11 is 6.04. The molecule has 1 N–H and O–H groups in total. The van der Waals surface area contributed by atoms with Gasteiger partial charge in [0.2, 0.25) is 0 Å². The number of esters is 1. The number of nitrogens with one attached hydrogen (secondary N) is 1. The molecule has 1 aliphatic rings. The first-order chi connectivity index (χ1) is 10.5. The van der Waals surface area contributed by atoms with Gasteiger partial charge < -0.3 is 10.1 Å². The quantitative estimate of drug-likeness (QED) is 0.864. The van der Waals surface area contributed by atoms with E-state index in [9.17, 15) is 9.59 Å². The molecule has 1 unspecified atom stereocenters. The van der Waals surface area contributed by atoms with Gasteiger partial charge in [0.25, 0.3) is 5.91 Å². The maximum absolute atomic E-state index is 12.5. The Hall–Kier alpha value is -2.33. The zero-order valence-electron chi connectivity index (χ0n) is 11.9. The van der Waals surface area contributed by atoms with Crippen molar-refractivity contribution in [2.24, 2.45) is 0 Å². The summed E-state index contributed by atoms with van der Waals surface area (Å²) in [6.45, 7) is 1.60. The van der Waals surface area contributed by atoms with Crippen LogP contribution in [0.4, 0.5) is 5.69 Å². The first-order valence-electron chi connectivity index (χ1n) is 6.87. The van der Waals surface area contributed by atoms with Gasteiger partial charge in [-0.2, -0.15) is 0 Å². The molecule has 2 aromatic rings. The van der Waals surface area contributed by atoms with Gasteiger partial charge in [-0.25, -0.2) is 4.79 Å². The molecule has 0 saturated heterocycles. The minimum absolute atomic E-state index is 0.325. The highest BCUT2D eigenvalue weighted by Crippen LogP contribution is 2.30. The van der Waals surface area contributed by atoms with Crippen molar-refractivity contribution in [2.75, 3.05) is 5.32 Å². The van der Waals surface area contributed by atoms with E-state index in [0.29, 0.717) is 22.7 Å². The van der Waals surface area contributed by atoms with Crippen molar-refractivity contribution in [1.29, 1.82) is 0 Å². The van der Waals surface area contributed by atoms with Gasteiger partial charge in [0.05, 0.1) is 16.3 Å². The van der Waals surface area contributed by atoms with Crippen LogP contribution in [0.25, 0.3) is 0 Å². The monoisotopic (exact) mass is 315 g/mol. The number of carbonyl (C=O) groups is 2. The van der Waals surface area contributed by atoms with Gasteiger partial charge in [0, 0.05) is 6.42 Å². The van der Waals surface area contributed by atoms with Crippen molar-refractivity contribution in [2.45, 2.75) is 18.9 Å². The molecule has 0 aromatic heterocycles. The predicted molar refractivity (Wildman–Crippen MR) is 84.0 cm³/mol. The Labute approximate surface area is 133 Å². The second-order valence-corrected chi connectivity index (χ2v) is 5.80. The minimum atomic E-state index is -1.26. The molecule has 5 heteroatoms. The van der Waals surface area contributed by atoms with Crippen LogP contribution in [0.5, 0.6) is 0 Å². The Morgan fingerprint density at radius 1 is 1.18 bits per heavy atom. The third kappa shape index (κ3) is 2.57. The average molecular weight is 316 g/mol. The highest BCUT2D eigenvalue weighted by molar-refractivity contribution is 6.33. The fraction of sp³-hybridized carbons (Fsp3) is 0.176. The van der Waals surface area contributed by atoms with E-state index in [1.165, 1.54) is 0 Å². The fourth-order valence-corrected chi connectivity index (χ4v) is 2.66. The number of benzene rings is 2. The summed E-state index contributed by atoms with van der Waals surface area (Å²) in [5.74, 6) is -0.887. The second kappa shape index (κ2) is 5.46. The molecule has 0 spiro atoms. The number of ether oxygens (including phenoxy) is 1. The molecule has 1 heterocycles. The standard InChI is InChI=1S/C17H14ClNO3/c1-17(16(21)19-14-9-5-4-8-13(14)18)10-11-6-2-3-7-12(11)15(20)22-17/h2-9H,10H2,1H3,(H,19,21). The molecule has 0 fully saturated rings. The van der Waals surface area contributed by atoms with Crippen molar-refractivity contribution in [3.05, 3.63) is 64.7 Å². The van der Waals surface area contributed by atoms with E-state index in [1.54, 1.807) is 43.3 Å². The lowest BCUT2D eigenvalue weighted by Gasteiger charge is -2.33. The number of hydrogen-bond donors (Lipinski definition) is 1. The van der Waals surface area contributed by atoms with E-state index in [1.807, 2.05) is 12.1 Å². The molecule has 3 rings (SSSR count). The lowest BCUT2D eigenvalue weighted by atomic mass is 9.89. The van der Waals surface area contributed by atoms with Crippen molar-refractivity contribution in [3.63, 3.8) is 0 Å². The zero-order chi connectivity index (χ0) is 15.7. The van der Waals surface area contributed by atoms with Gasteiger partial charge >= 0.3 is 5.97 Å². The van der Waals surface area contributed by atoms with Crippen LogP contribution >= 0.6 is 11.6 Å².